The molecule has 0 aliphatic carbocycles. The lowest BCUT2D eigenvalue weighted by molar-refractivity contribution is 0.454. The maximum Gasteiger partial charge on any atom is 0.268 e. The summed E-state index contributed by atoms with van der Waals surface area (Å²) in [7, 11) is 0. The normalized spacial score (nSPS) is 11.6. The van der Waals surface area contributed by atoms with E-state index in [0.29, 0.717) is 12.5 Å². The molecule has 98 valence electrons. The summed E-state index contributed by atoms with van der Waals surface area (Å²) in [5.74, 6) is 0.537. The third kappa shape index (κ3) is 3.22. The Kier molecular flexibility index (Phi) is 4.34. The minimum Gasteiger partial charge on any atom is -0.311 e. The highest BCUT2D eigenvalue weighted by atomic mass is 16.1. The minimum atomic E-state index is -0.162. The van der Waals surface area contributed by atoms with Crippen LogP contribution in [0.5, 0.6) is 0 Å². The van der Waals surface area contributed by atoms with Crippen molar-refractivity contribution in [1.29, 1.82) is 5.26 Å². The van der Waals surface area contributed by atoms with E-state index in [2.05, 4.69) is 34.6 Å². The Morgan fingerprint density at radius 1 is 1.33 bits per heavy atom. The highest BCUT2D eigenvalue weighted by Crippen LogP contribution is 2.21. The van der Waals surface area contributed by atoms with Crippen LogP contribution in [0.4, 0.5) is 0 Å². The number of hydrogen-bond donors (Lipinski definition) is 0. The first kappa shape index (κ1) is 14.5. The molecule has 3 nitrogen and oxygen atoms in total. The average molecular weight is 246 g/mol. The molecule has 0 saturated carbocycles. The summed E-state index contributed by atoms with van der Waals surface area (Å²) >= 11 is 0. The number of nitrogens with zero attached hydrogens (tertiary/aromatic N) is 2. The van der Waals surface area contributed by atoms with Gasteiger partial charge in [-0.3, -0.25) is 4.79 Å². The lowest BCUT2D eigenvalue weighted by atomic mass is 9.90. The highest BCUT2D eigenvalue weighted by molar-refractivity contribution is 5.29. The summed E-state index contributed by atoms with van der Waals surface area (Å²) in [5.41, 5.74) is 0.967. The fourth-order valence-corrected chi connectivity index (χ4v) is 1.93. The van der Waals surface area contributed by atoms with E-state index in [1.54, 1.807) is 10.6 Å². The second-order valence-electron chi connectivity index (χ2n) is 6.13. The molecule has 0 aliphatic rings. The molecule has 3 heteroatoms. The summed E-state index contributed by atoms with van der Waals surface area (Å²) in [6, 6.07) is 5.51. The molecule has 0 bridgehead atoms. The molecule has 1 aromatic heterocycles. The summed E-state index contributed by atoms with van der Waals surface area (Å²) < 4.78 is 1.76. The van der Waals surface area contributed by atoms with Crippen LogP contribution in [0.25, 0.3) is 0 Å². The van der Waals surface area contributed by atoms with Gasteiger partial charge in [0.1, 0.15) is 11.6 Å². The van der Waals surface area contributed by atoms with Gasteiger partial charge in [-0.15, -0.1) is 0 Å². The molecule has 0 aliphatic heterocycles. The average Bonchev–Trinajstić information content (AvgIpc) is 2.25. The minimum absolute atomic E-state index is 0.0931. The van der Waals surface area contributed by atoms with Crippen LogP contribution in [0.3, 0.4) is 0 Å². The third-order valence-electron chi connectivity index (χ3n) is 2.99. The molecule has 1 aromatic rings. The van der Waals surface area contributed by atoms with Gasteiger partial charge in [0.15, 0.2) is 0 Å². The lowest BCUT2D eigenvalue weighted by Crippen LogP contribution is -2.31. The van der Waals surface area contributed by atoms with E-state index in [4.69, 9.17) is 5.26 Å². The van der Waals surface area contributed by atoms with E-state index in [1.165, 1.54) is 0 Å². The van der Waals surface area contributed by atoms with Crippen molar-refractivity contribution in [2.75, 3.05) is 0 Å². The van der Waals surface area contributed by atoms with E-state index in [1.807, 2.05) is 12.1 Å². The first-order chi connectivity index (χ1) is 8.27. The van der Waals surface area contributed by atoms with Crippen molar-refractivity contribution >= 4 is 0 Å². The van der Waals surface area contributed by atoms with Crippen molar-refractivity contribution in [2.45, 2.75) is 53.0 Å². The zero-order chi connectivity index (χ0) is 13.9. The number of nitriles is 1. The third-order valence-corrected chi connectivity index (χ3v) is 2.99. The monoisotopic (exact) mass is 246 g/mol. The molecule has 0 N–H and O–H groups in total. The van der Waals surface area contributed by atoms with E-state index in [0.717, 1.165) is 12.1 Å². The number of aromatic nitrogens is 1. The smallest absolute Gasteiger partial charge is 0.268 e. The van der Waals surface area contributed by atoms with Crippen molar-refractivity contribution in [3.8, 4) is 6.07 Å². The second-order valence-corrected chi connectivity index (χ2v) is 6.13. The Hall–Kier alpha value is -1.56. The molecule has 0 spiro atoms. The molecule has 0 amide bonds. The maximum absolute atomic E-state index is 12.2. The predicted molar refractivity (Wildman–Crippen MR) is 73.6 cm³/mol. The van der Waals surface area contributed by atoms with Gasteiger partial charge in [0.25, 0.3) is 5.56 Å². The molecular formula is C15H22N2O. The van der Waals surface area contributed by atoms with E-state index in [9.17, 15) is 4.79 Å². The van der Waals surface area contributed by atoms with Gasteiger partial charge in [-0.05, 0) is 24.5 Å². The molecule has 0 atom stereocenters. The van der Waals surface area contributed by atoms with Crippen LogP contribution in [0.15, 0.2) is 16.9 Å². The van der Waals surface area contributed by atoms with Crippen LogP contribution in [0, 0.1) is 17.2 Å². The second kappa shape index (κ2) is 5.39. The Labute approximate surface area is 109 Å². The molecule has 1 rings (SSSR count). The van der Waals surface area contributed by atoms with Crippen LogP contribution in [0.2, 0.25) is 0 Å². The number of rotatable bonds is 3. The Balaban J connectivity index is 3.33. The molecule has 0 fully saturated rings. The Morgan fingerprint density at radius 2 is 1.94 bits per heavy atom. The van der Waals surface area contributed by atoms with Gasteiger partial charge in [0, 0.05) is 17.7 Å². The fraction of sp³-hybridized carbons (Fsp3) is 0.600. The zero-order valence-electron chi connectivity index (χ0n) is 11.9. The van der Waals surface area contributed by atoms with Gasteiger partial charge in [0.05, 0.1) is 0 Å². The van der Waals surface area contributed by atoms with Crippen LogP contribution in [0.1, 0.15) is 52.3 Å². The van der Waals surface area contributed by atoms with Gasteiger partial charge < -0.3 is 4.57 Å². The zero-order valence-corrected chi connectivity index (χ0v) is 11.9. The van der Waals surface area contributed by atoms with Gasteiger partial charge in [-0.25, -0.2) is 0 Å². The Bertz CT molecular complexity index is 513. The molecule has 18 heavy (non-hydrogen) atoms. The summed E-state index contributed by atoms with van der Waals surface area (Å²) in [6.07, 6.45) is 0.942. The van der Waals surface area contributed by atoms with Crippen LogP contribution in [-0.2, 0) is 12.0 Å². The van der Waals surface area contributed by atoms with Crippen LogP contribution < -0.4 is 5.56 Å². The largest absolute Gasteiger partial charge is 0.311 e. The summed E-state index contributed by atoms with van der Waals surface area (Å²) in [5, 5.41) is 8.95. The van der Waals surface area contributed by atoms with Gasteiger partial charge >= 0.3 is 0 Å². The quantitative estimate of drug-likeness (QED) is 0.822. The lowest BCUT2D eigenvalue weighted by Gasteiger charge is -2.24. The Morgan fingerprint density at radius 3 is 2.39 bits per heavy atom. The molecule has 0 unspecified atom stereocenters. The van der Waals surface area contributed by atoms with Gasteiger partial charge in [0.2, 0.25) is 0 Å². The first-order valence-corrected chi connectivity index (χ1v) is 6.41. The summed E-state index contributed by atoms with van der Waals surface area (Å²) in [4.78, 5) is 12.2. The van der Waals surface area contributed by atoms with E-state index in [-0.39, 0.29) is 16.5 Å². The van der Waals surface area contributed by atoms with Crippen molar-refractivity contribution in [1.82, 2.24) is 4.57 Å². The molecular weight excluding hydrogens is 224 g/mol. The van der Waals surface area contributed by atoms with Gasteiger partial charge in [-0.1, -0.05) is 34.6 Å². The fourth-order valence-electron chi connectivity index (χ4n) is 1.93. The molecule has 0 aromatic carbocycles. The molecule has 0 saturated heterocycles. The van der Waals surface area contributed by atoms with Crippen molar-refractivity contribution in [2.24, 2.45) is 5.92 Å². The summed E-state index contributed by atoms with van der Waals surface area (Å²) in [6.45, 7) is 11.2. The maximum atomic E-state index is 12.2. The van der Waals surface area contributed by atoms with Crippen LogP contribution in [-0.4, -0.2) is 4.57 Å². The number of pyridine rings is 1. The van der Waals surface area contributed by atoms with Gasteiger partial charge in [-0.2, -0.15) is 5.26 Å². The molecule has 1 heterocycles. The van der Waals surface area contributed by atoms with Crippen molar-refractivity contribution < 1.29 is 0 Å². The first-order valence-electron chi connectivity index (χ1n) is 6.41. The topological polar surface area (TPSA) is 45.8 Å². The SMILES string of the molecule is CC(C)CCn1c(C(C)(C)C)ccc(C#N)c1=O. The van der Waals surface area contributed by atoms with E-state index < -0.39 is 0 Å². The van der Waals surface area contributed by atoms with E-state index >= 15 is 0 Å². The van der Waals surface area contributed by atoms with Crippen LogP contribution >= 0.6 is 0 Å². The molecule has 0 radical (unpaired) electrons. The highest BCUT2D eigenvalue weighted by Gasteiger charge is 2.20. The van der Waals surface area contributed by atoms with Crippen molar-refractivity contribution in [3.63, 3.8) is 0 Å². The standard InChI is InChI=1S/C15H22N2O/c1-11(2)8-9-17-13(15(3,4)5)7-6-12(10-16)14(17)18/h6-7,11H,8-9H2,1-5H3. The number of hydrogen-bond acceptors (Lipinski definition) is 2. The van der Waals surface area contributed by atoms with Crippen molar-refractivity contribution in [3.05, 3.63) is 33.7 Å². The predicted octanol–water partition coefficient (Wildman–Crippen LogP) is 3.06.